The summed E-state index contributed by atoms with van der Waals surface area (Å²) in [6.07, 6.45) is 9.55. The summed E-state index contributed by atoms with van der Waals surface area (Å²) in [7, 11) is 0. The number of nitrogens with one attached hydrogen (secondary N) is 1. The van der Waals surface area contributed by atoms with Gasteiger partial charge in [-0.2, -0.15) is 0 Å². The first-order valence-corrected chi connectivity index (χ1v) is 12.2. The second-order valence-electron chi connectivity index (χ2n) is 9.70. The fraction of sp³-hybridized carbons (Fsp3) is 0.333. The minimum atomic E-state index is 0. The predicted octanol–water partition coefficient (Wildman–Crippen LogP) is 5.95. The molecule has 0 bridgehead atoms. The quantitative estimate of drug-likeness (QED) is 0.522. The molecule has 1 saturated heterocycles. The number of hydrogen-bond donors (Lipinski definition) is 1. The molecule has 2 nitrogen and oxygen atoms in total. The Balaban J connectivity index is 0.00000228. The Kier molecular flexibility index (Phi) is 6.42. The lowest BCUT2D eigenvalue weighted by molar-refractivity contribution is 0.184. The molecule has 0 saturated carbocycles. The Morgan fingerprint density at radius 2 is 1.39 bits per heavy atom. The van der Waals surface area contributed by atoms with Gasteiger partial charge in [-0.25, -0.2) is 0 Å². The van der Waals surface area contributed by atoms with Crippen molar-refractivity contribution in [2.45, 2.75) is 37.1 Å². The third-order valence-electron chi connectivity index (χ3n) is 8.00. The number of nitrogens with zero attached hydrogens (tertiary/aromatic N) is 1. The van der Waals surface area contributed by atoms with Gasteiger partial charge in [-0.05, 0) is 72.2 Å². The number of benzene rings is 3. The molecule has 0 amide bonds. The van der Waals surface area contributed by atoms with Gasteiger partial charge < -0.3 is 10.2 Å². The van der Waals surface area contributed by atoms with E-state index in [0.29, 0.717) is 6.04 Å². The molecule has 1 heterocycles. The van der Waals surface area contributed by atoms with Gasteiger partial charge in [-0.15, -0.1) is 12.4 Å². The molecule has 3 aromatic rings. The molecule has 2 aliphatic carbocycles. The van der Waals surface area contributed by atoms with Gasteiger partial charge in [0.25, 0.3) is 0 Å². The van der Waals surface area contributed by atoms with Gasteiger partial charge >= 0.3 is 0 Å². The molecule has 0 atom stereocenters. The molecule has 0 radical (unpaired) electrons. The minimum absolute atomic E-state index is 0. The van der Waals surface area contributed by atoms with Crippen molar-refractivity contribution in [3.63, 3.8) is 0 Å². The lowest BCUT2D eigenvalue weighted by Crippen LogP contribution is -2.43. The maximum atomic E-state index is 3.94. The van der Waals surface area contributed by atoms with E-state index in [1.165, 1.54) is 53.7 Å². The Bertz CT molecular complexity index is 1100. The van der Waals surface area contributed by atoms with Crippen molar-refractivity contribution in [1.29, 1.82) is 0 Å². The highest BCUT2D eigenvalue weighted by Gasteiger charge is 2.37. The summed E-state index contributed by atoms with van der Waals surface area (Å²) in [5.74, 6) is 0. The first-order valence-electron chi connectivity index (χ1n) is 12.2. The zero-order valence-corrected chi connectivity index (χ0v) is 20.0. The van der Waals surface area contributed by atoms with E-state index in [9.17, 15) is 0 Å². The van der Waals surface area contributed by atoms with Crippen LogP contribution in [0.1, 0.15) is 52.3 Å². The summed E-state index contributed by atoms with van der Waals surface area (Å²) >= 11 is 0. The van der Waals surface area contributed by atoms with Crippen LogP contribution in [0, 0.1) is 0 Å². The molecule has 3 heteroatoms. The standard InChI is InChI=1S/C30H32N2.ClH/c1-4-10-26-23(7-1)13-14-24-8-2-5-11-27(24)29(26)31-19-22-32-20-17-30(18-21-32)16-15-25-9-3-6-12-28(25)30;/h1-12,15-16,29,31H,13-14,17-22H2;1H. The summed E-state index contributed by atoms with van der Waals surface area (Å²) in [5.41, 5.74) is 9.16. The van der Waals surface area contributed by atoms with Crippen LogP contribution >= 0.6 is 12.4 Å². The molecule has 170 valence electrons. The number of aryl methyl sites for hydroxylation is 2. The van der Waals surface area contributed by atoms with Crippen LogP contribution in [-0.4, -0.2) is 31.1 Å². The molecule has 3 aromatic carbocycles. The zero-order valence-electron chi connectivity index (χ0n) is 19.2. The molecule has 1 N–H and O–H groups in total. The molecule has 6 rings (SSSR count). The van der Waals surface area contributed by atoms with Crippen molar-refractivity contribution in [3.8, 4) is 0 Å². The topological polar surface area (TPSA) is 15.3 Å². The van der Waals surface area contributed by atoms with Crippen molar-refractivity contribution in [2.24, 2.45) is 0 Å². The molecule has 33 heavy (non-hydrogen) atoms. The number of rotatable bonds is 4. The Morgan fingerprint density at radius 3 is 2.09 bits per heavy atom. The molecule has 1 spiro atoms. The number of halogens is 1. The average molecular weight is 457 g/mol. The van der Waals surface area contributed by atoms with Crippen molar-refractivity contribution in [1.82, 2.24) is 10.2 Å². The highest BCUT2D eigenvalue weighted by atomic mass is 35.5. The highest BCUT2D eigenvalue weighted by molar-refractivity contribution is 5.85. The van der Waals surface area contributed by atoms with Gasteiger partial charge in [-0.3, -0.25) is 0 Å². The van der Waals surface area contributed by atoms with E-state index >= 15 is 0 Å². The predicted molar refractivity (Wildman–Crippen MR) is 140 cm³/mol. The van der Waals surface area contributed by atoms with Crippen molar-refractivity contribution >= 4 is 18.5 Å². The monoisotopic (exact) mass is 456 g/mol. The van der Waals surface area contributed by atoms with Crippen molar-refractivity contribution < 1.29 is 0 Å². The first-order chi connectivity index (χ1) is 15.8. The Hall–Kier alpha value is -2.39. The Labute approximate surface area is 204 Å². The van der Waals surface area contributed by atoms with Crippen LogP contribution in [0.2, 0.25) is 0 Å². The number of hydrogen-bond acceptors (Lipinski definition) is 2. The summed E-state index contributed by atoms with van der Waals surface area (Å²) < 4.78 is 0. The maximum Gasteiger partial charge on any atom is 0.0582 e. The summed E-state index contributed by atoms with van der Waals surface area (Å²) in [6.45, 7) is 4.49. The molecule has 0 aromatic heterocycles. The molecule has 3 aliphatic rings. The number of likely N-dealkylation sites (tertiary alicyclic amines) is 1. The first kappa shape index (κ1) is 22.4. The van der Waals surface area contributed by atoms with Crippen LogP contribution in [0.4, 0.5) is 0 Å². The van der Waals surface area contributed by atoms with E-state index < -0.39 is 0 Å². The van der Waals surface area contributed by atoms with Gasteiger partial charge in [0.1, 0.15) is 0 Å². The van der Waals surface area contributed by atoms with Gasteiger partial charge in [0.2, 0.25) is 0 Å². The van der Waals surface area contributed by atoms with E-state index in [1.54, 1.807) is 5.56 Å². The maximum absolute atomic E-state index is 3.94. The van der Waals surface area contributed by atoms with Crippen molar-refractivity contribution in [2.75, 3.05) is 26.2 Å². The van der Waals surface area contributed by atoms with E-state index in [-0.39, 0.29) is 17.8 Å². The summed E-state index contributed by atoms with van der Waals surface area (Å²) in [6, 6.07) is 27.3. The molecule has 0 unspecified atom stereocenters. The van der Waals surface area contributed by atoms with Crippen LogP contribution in [0.25, 0.3) is 6.08 Å². The lowest BCUT2D eigenvalue weighted by atomic mass is 9.74. The minimum Gasteiger partial charge on any atom is -0.305 e. The van der Waals surface area contributed by atoms with Crippen LogP contribution < -0.4 is 5.32 Å². The second-order valence-corrected chi connectivity index (χ2v) is 9.70. The fourth-order valence-corrected chi connectivity index (χ4v) is 6.16. The van der Waals surface area contributed by atoms with Crippen LogP contribution in [-0.2, 0) is 18.3 Å². The van der Waals surface area contributed by atoms with E-state index in [2.05, 4.69) is 95.2 Å². The third-order valence-corrected chi connectivity index (χ3v) is 8.00. The van der Waals surface area contributed by atoms with Crippen molar-refractivity contribution in [3.05, 3.63) is 112 Å². The number of allylic oxidation sites excluding steroid dienone is 1. The van der Waals surface area contributed by atoms with Gasteiger partial charge in [0.05, 0.1) is 6.04 Å². The molecular weight excluding hydrogens is 424 g/mol. The average Bonchev–Trinajstić information content (AvgIpc) is 3.12. The highest BCUT2D eigenvalue weighted by Crippen LogP contribution is 2.43. The van der Waals surface area contributed by atoms with Crippen LogP contribution in [0.15, 0.2) is 78.9 Å². The molecular formula is C30H33ClN2. The zero-order chi connectivity index (χ0) is 21.4. The third kappa shape index (κ3) is 4.17. The number of fused-ring (bicyclic) bond motifs is 4. The molecule has 1 fully saturated rings. The Morgan fingerprint density at radius 1 is 0.788 bits per heavy atom. The van der Waals surface area contributed by atoms with Crippen LogP contribution in [0.5, 0.6) is 0 Å². The lowest BCUT2D eigenvalue weighted by Gasteiger charge is -2.39. The molecule has 1 aliphatic heterocycles. The second kappa shape index (κ2) is 9.46. The van der Waals surface area contributed by atoms with Crippen LogP contribution in [0.3, 0.4) is 0 Å². The van der Waals surface area contributed by atoms with E-state index in [0.717, 1.165) is 25.9 Å². The summed E-state index contributed by atoms with van der Waals surface area (Å²) in [4.78, 5) is 2.65. The smallest absolute Gasteiger partial charge is 0.0582 e. The van der Waals surface area contributed by atoms with E-state index in [1.807, 2.05) is 0 Å². The van der Waals surface area contributed by atoms with Gasteiger partial charge in [0, 0.05) is 18.5 Å². The van der Waals surface area contributed by atoms with Gasteiger partial charge in [0.15, 0.2) is 0 Å². The fourth-order valence-electron chi connectivity index (χ4n) is 6.16. The largest absolute Gasteiger partial charge is 0.305 e. The van der Waals surface area contributed by atoms with E-state index in [4.69, 9.17) is 0 Å². The SMILES string of the molecule is C1=CC2(CCN(CCNC3c4ccccc4CCc4ccccc43)CC2)c2ccccc21.Cl. The van der Waals surface area contributed by atoms with Gasteiger partial charge in [-0.1, -0.05) is 84.9 Å². The summed E-state index contributed by atoms with van der Waals surface area (Å²) in [5, 5.41) is 3.94. The number of piperidine rings is 1. The normalized spacial score (nSPS) is 18.8.